The Bertz CT molecular complexity index is 863. The van der Waals surface area contributed by atoms with Crippen molar-refractivity contribution < 1.29 is 22.7 Å². The summed E-state index contributed by atoms with van der Waals surface area (Å²) in [6.07, 6.45) is -2.59. The molecule has 2 aromatic carbocycles. The van der Waals surface area contributed by atoms with Crippen LogP contribution in [0.2, 0.25) is 0 Å². The zero-order valence-corrected chi connectivity index (χ0v) is 12.7. The van der Waals surface area contributed by atoms with E-state index in [9.17, 15) is 18.0 Å². The SMILES string of the molecule is O=C(Nc1cc(-c2cn[nH]c2)cc(C(F)(F)F)c1)Oc1ccccc1. The largest absolute Gasteiger partial charge is 0.417 e. The summed E-state index contributed by atoms with van der Waals surface area (Å²) in [7, 11) is 0. The summed E-state index contributed by atoms with van der Waals surface area (Å²) < 4.78 is 44.3. The van der Waals surface area contributed by atoms with Crippen LogP contribution in [-0.4, -0.2) is 16.3 Å². The van der Waals surface area contributed by atoms with E-state index in [-0.39, 0.29) is 17.0 Å². The minimum Gasteiger partial charge on any atom is -0.410 e. The van der Waals surface area contributed by atoms with Gasteiger partial charge in [0, 0.05) is 17.4 Å². The van der Waals surface area contributed by atoms with Crippen LogP contribution in [0.15, 0.2) is 60.9 Å². The fraction of sp³-hybridized carbons (Fsp3) is 0.0588. The number of nitrogens with one attached hydrogen (secondary N) is 2. The molecule has 5 nitrogen and oxygen atoms in total. The fourth-order valence-corrected chi connectivity index (χ4v) is 2.18. The summed E-state index contributed by atoms with van der Waals surface area (Å²) in [5.74, 6) is 0.280. The molecule has 3 rings (SSSR count). The molecule has 2 N–H and O–H groups in total. The Labute approximate surface area is 140 Å². The first-order valence-electron chi connectivity index (χ1n) is 7.17. The first kappa shape index (κ1) is 16.6. The van der Waals surface area contributed by atoms with Crippen LogP contribution < -0.4 is 10.1 Å². The summed E-state index contributed by atoms with van der Waals surface area (Å²) in [6.45, 7) is 0. The number of ether oxygens (including phenoxy) is 1. The van der Waals surface area contributed by atoms with Crippen molar-refractivity contribution >= 4 is 11.8 Å². The molecule has 0 atom stereocenters. The maximum atomic E-state index is 13.1. The third-order valence-electron chi connectivity index (χ3n) is 3.29. The van der Waals surface area contributed by atoms with Gasteiger partial charge >= 0.3 is 12.3 Å². The van der Waals surface area contributed by atoms with Gasteiger partial charge in [-0.05, 0) is 35.9 Å². The molecule has 0 saturated heterocycles. The van der Waals surface area contributed by atoms with Crippen molar-refractivity contribution in [2.24, 2.45) is 0 Å². The van der Waals surface area contributed by atoms with Crippen LogP contribution in [0.25, 0.3) is 11.1 Å². The van der Waals surface area contributed by atoms with E-state index in [1.807, 2.05) is 0 Å². The summed E-state index contributed by atoms with van der Waals surface area (Å²) >= 11 is 0. The number of anilines is 1. The van der Waals surface area contributed by atoms with Crippen molar-refractivity contribution in [3.63, 3.8) is 0 Å². The Morgan fingerprint density at radius 3 is 2.48 bits per heavy atom. The molecule has 0 radical (unpaired) electrons. The molecule has 0 saturated carbocycles. The summed E-state index contributed by atoms with van der Waals surface area (Å²) in [5.41, 5.74) is -0.197. The Morgan fingerprint density at radius 2 is 1.84 bits per heavy atom. The molecule has 0 aliphatic heterocycles. The first-order chi connectivity index (χ1) is 11.9. The van der Waals surface area contributed by atoms with Gasteiger partial charge in [0.05, 0.1) is 11.8 Å². The number of nitrogens with zero attached hydrogens (tertiary/aromatic N) is 1. The highest BCUT2D eigenvalue weighted by Gasteiger charge is 2.31. The number of hydrogen-bond acceptors (Lipinski definition) is 3. The van der Waals surface area contributed by atoms with E-state index in [0.29, 0.717) is 5.56 Å². The van der Waals surface area contributed by atoms with E-state index in [4.69, 9.17) is 4.74 Å². The quantitative estimate of drug-likeness (QED) is 0.721. The molecule has 0 spiro atoms. The fourth-order valence-electron chi connectivity index (χ4n) is 2.18. The molecule has 0 fully saturated rings. The molecule has 128 valence electrons. The lowest BCUT2D eigenvalue weighted by atomic mass is 10.0. The predicted molar refractivity (Wildman–Crippen MR) is 85.1 cm³/mol. The summed E-state index contributed by atoms with van der Waals surface area (Å²) in [5, 5.41) is 8.57. The highest BCUT2D eigenvalue weighted by Crippen LogP contribution is 2.34. The lowest BCUT2D eigenvalue weighted by Gasteiger charge is -2.12. The predicted octanol–water partition coefficient (Wildman–Crippen LogP) is 4.71. The van der Waals surface area contributed by atoms with Crippen LogP contribution >= 0.6 is 0 Å². The average molecular weight is 347 g/mol. The molecule has 3 aromatic rings. The lowest BCUT2D eigenvalue weighted by molar-refractivity contribution is -0.137. The molecular weight excluding hydrogens is 335 g/mol. The molecular formula is C17H12F3N3O2. The second-order valence-corrected chi connectivity index (χ2v) is 5.11. The number of hydrogen-bond donors (Lipinski definition) is 2. The van der Waals surface area contributed by atoms with Crippen molar-refractivity contribution in [3.8, 4) is 16.9 Å². The Kier molecular flexibility index (Phi) is 4.42. The maximum Gasteiger partial charge on any atom is 0.417 e. The zero-order chi connectivity index (χ0) is 17.9. The van der Waals surface area contributed by atoms with E-state index in [1.54, 1.807) is 30.3 Å². The number of amides is 1. The van der Waals surface area contributed by atoms with Gasteiger partial charge in [-0.25, -0.2) is 4.79 Å². The number of alkyl halides is 3. The van der Waals surface area contributed by atoms with Crippen LogP contribution in [0, 0.1) is 0 Å². The number of halogens is 3. The van der Waals surface area contributed by atoms with Gasteiger partial charge in [0.25, 0.3) is 0 Å². The van der Waals surface area contributed by atoms with Crippen molar-refractivity contribution in [1.29, 1.82) is 0 Å². The first-order valence-corrected chi connectivity index (χ1v) is 7.17. The van der Waals surface area contributed by atoms with Gasteiger partial charge in [-0.2, -0.15) is 18.3 Å². The second kappa shape index (κ2) is 6.68. The van der Waals surface area contributed by atoms with Crippen LogP contribution in [0.5, 0.6) is 5.75 Å². The second-order valence-electron chi connectivity index (χ2n) is 5.11. The number of aromatic amines is 1. The number of benzene rings is 2. The van der Waals surface area contributed by atoms with E-state index < -0.39 is 17.8 Å². The normalized spacial score (nSPS) is 11.2. The van der Waals surface area contributed by atoms with Gasteiger partial charge in [-0.1, -0.05) is 18.2 Å². The smallest absolute Gasteiger partial charge is 0.410 e. The van der Waals surface area contributed by atoms with E-state index in [1.165, 1.54) is 18.5 Å². The number of carbonyl (C=O) groups excluding carboxylic acids is 1. The van der Waals surface area contributed by atoms with Crippen LogP contribution in [0.3, 0.4) is 0 Å². The van der Waals surface area contributed by atoms with Gasteiger partial charge in [-0.15, -0.1) is 0 Å². The molecule has 0 unspecified atom stereocenters. The summed E-state index contributed by atoms with van der Waals surface area (Å²) in [6, 6.07) is 11.4. The number of rotatable bonds is 3. The zero-order valence-electron chi connectivity index (χ0n) is 12.7. The monoisotopic (exact) mass is 347 g/mol. The molecule has 0 bridgehead atoms. The highest BCUT2D eigenvalue weighted by molar-refractivity contribution is 5.87. The van der Waals surface area contributed by atoms with Gasteiger partial charge in [-0.3, -0.25) is 10.4 Å². The van der Waals surface area contributed by atoms with E-state index in [2.05, 4.69) is 15.5 Å². The van der Waals surface area contributed by atoms with Crippen LogP contribution in [-0.2, 0) is 6.18 Å². The standard InChI is InChI=1S/C17H12F3N3O2/c18-17(19,20)13-6-11(12-9-21-22-10-12)7-14(8-13)23-16(24)25-15-4-2-1-3-5-15/h1-10H,(H,21,22)(H,23,24). The van der Waals surface area contributed by atoms with Gasteiger partial charge < -0.3 is 4.74 Å². The maximum absolute atomic E-state index is 13.1. The Morgan fingerprint density at radius 1 is 1.08 bits per heavy atom. The molecule has 25 heavy (non-hydrogen) atoms. The number of para-hydroxylation sites is 1. The molecule has 0 aliphatic rings. The third kappa shape index (κ3) is 4.17. The third-order valence-corrected chi connectivity index (χ3v) is 3.29. The van der Waals surface area contributed by atoms with Gasteiger partial charge in [0.15, 0.2) is 0 Å². The van der Waals surface area contributed by atoms with Crippen molar-refractivity contribution in [3.05, 3.63) is 66.5 Å². The number of H-pyrrole nitrogens is 1. The topological polar surface area (TPSA) is 67.0 Å². The number of carbonyl (C=O) groups is 1. The Hall–Kier alpha value is -3.29. The Balaban J connectivity index is 1.87. The lowest BCUT2D eigenvalue weighted by Crippen LogP contribution is -2.17. The molecule has 1 aromatic heterocycles. The van der Waals surface area contributed by atoms with Gasteiger partial charge in [0.2, 0.25) is 0 Å². The minimum absolute atomic E-state index is 0.0352. The van der Waals surface area contributed by atoms with E-state index in [0.717, 1.165) is 12.1 Å². The van der Waals surface area contributed by atoms with E-state index >= 15 is 0 Å². The molecule has 0 aliphatic carbocycles. The minimum atomic E-state index is -4.56. The van der Waals surface area contributed by atoms with Crippen molar-refractivity contribution in [1.82, 2.24) is 10.2 Å². The van der Waals surface area contributed by atoms with Crippen LogP contribution in [0.1, 0.15) is 5.56 Å². The van der Waals surface area contributed by atoms with Crippen molar-refractivity contribution in [2.75, 3.05) is 5.32 Å². The van der Waals surface area contributed by atoms with Crippen LogP contribution in [0.4, 0.5) is 23.7 Å². The highest BCUT2D eigenvalue weighted by atomic mass is 19.4. The average Bonchev–Trinajstić information content (AvgIpc) is 3.09. The van der Waals surface area contributed by atoms with Crippen molar-refractivity contribution in [2.45, 2.75) is 6.18 Å². The molecule has 1 heterocycles. The molecule has 8 heteroatoms. The summed E-state index contributed by atoms with van der Waals surface area (Å²) in [4.78, 5) is 11.9. The molecule has 1 amide bonds. The number of aromatic nitrogens is 2. The van der Waals surface area contributed by atoms with Gasteiger partial charge in [0.1, 0.15) is 5.75 Å².